The van der Waals surface area contributed by atoms with Crippen LogP contribution in [0.1, 0.15) is 20.8 Å². The quantitative estimate of drug-likeness (QED) is 0.728. The summed E-state index contributed by atoms with van der Waals surface area (Å²) in [5.41, 5.74) is 0. The molecule has 1 rings (SSSR count). The highest BCUT2D eigenvalue weighted by atomic mass is 32.2. The van der Waals surface area contributed by atoms with Crippen LogP contribution in [0.25, 0.3) is 0 Å². The zero-order valence-corrected chi connectivity index (χ0v) is 13.2. The highest BCUT2D eigenvalue weighted by Gasteiger charge is 2.15. The topological polar surface area (TPSA) is 87.2 Å². The Hall–Kier alpha value is -1.25. The Bertz CT molecular complexity index is 501. The highest BCUT2D eigenvalue weighted by molar-refractivity contribution is 7.89. The molecule has 0 aliphatic rings. The number of hydrogen-bond acceptors (Lipinski definition) is 6. The van der Waals surface area contributed by atoms with E-state index in [9.17, 15) is 8.42 Å². The Kier molecular flexibility index (Phi) is 6.31. The third-order valence-corrected chi connectivity index (χ3v) is 4.33. The van der Waals surface area contributed by atoms with Crippen LogP contribution in [0.15, 0.2) is 17.3 Å². The second-order valence-corrected chi connectivity index (χ2v) is 6.51. The van der Waals surface area contributed by atoms with Gasteiger partial charge in [0.15, 0.2) is 0 Å². The van der Waals surface area contributed by atoms with Gasteiger partial charge in [-0.05, 0) is 27.8 Å². The lowest BCUT2D eigenvalue weighted by Gasteiger charge is -2.20. The van der Waals surface area contributed by atoms with E-state index < -0.39 is 10.0 Å². The number of nitrogens with one attached hydrogen (secondary N) is 2. The molecule has 1 aromatic heterocycles. The number of aromatic nitrogens is 2. The molecule has 0 radical (unpaired) electrons. The van der Waals surface area contributed by atoms with E-state index in [0.717, 1.165) is 0 Å². The first-order valence-corrected chi connectivity index (χ1v) is 8.11. The van der Waals surface area contributed by atoms with Crippen LogP contribution in [0.2, 0.25) is 0 Å². The first kappa shape index (κ1) is 16.8. The van der Waals surface area contributed by atoms with Gasteiger partial charge in [0.25, 0.3) is 0 Å². The molecule has 1 heterocycles. The molecule has 20 heavy (non-hydrogen) atoms. The van der Waals surface area contributed by atoms with Gasteiger partial charge in [-0.25, -0.2) is 23.1 Å². The van der Waals surface area contributed by atoms with E-state index in [0.29, 0.717) is 31.6 Å². The maximum Gasteiger partial charge on any atom is 0.243 e. The Balaban J connectivity index is 2.60. The van der Waals surface area contributed by atoms with Crippen molar-refractivity contribution in [1.29, 1.82) is 0 Å². The largest absolute Gasteiger partial charge is 0.355 e. The second kappa shape index (κ2) is 7.51. The van der Waals surface area contributed by atoms with Crippen LogP contribution in [0, 0.1) is 0 Å². The number of nitrogens with zero attached hydrogens (tertiary/aromatic N) is 3. The van der Waals surface area contributed by atoms with Gasteiger partial charge in [0, 0.05) is 25.7 Å². The predicted octanol–water partition coefficient (Wildman–Crippen LogP) is 0.527. The third-order valence-electron chi connectivity index (χ3n) is 2.91. The molecule has 0 amide bonds. The van der Waals surface area contributed by atoms with Crippen molar-refractivity contribution in [3.05, 3.63) is 12.4 Å². The van der Waals surface area contributed by atoms with E-state index in [1.54, 1.807) is 0 Å². The van der Waals surface area contributed by atoms with Crippen molar-refractivity contribution in [2.24, 2.45) is 0 Å². The highest BCUT2D eigenvalue weighted by Crippen LogP contribution is 2.07. The number of sulfonamides is 1. The van der Waals surface area contributed by atoms with Crippen LogP contribution in [-0.2, 0) is 10.0 Å². The second-order valence-electron chi connectivity index (χ2n) is 4.74. The van der Waals surface area contributed by atoms with E-state index in [1.807, 2.05) is 14.0 Å². The van der Waals surface area contributed by atoms with Crippen molar-refractivity contribution in [2.75, 3.05) is 32.0 Å². The zero-order valence-electron chi connectivity index (χ0n) is 12.4. The van der Waals surface area contributed by atoms with Gasteiger partial charge in [0.2, 0.25) is 16.0 Å². The third kappa shape index (κ3) is 5.03. The molecule has 0 saturated carbocycles. The molecule has 0 spiro atoms. The average molecular weight is 301 g/mol. The van der Waals surface area contributed by atoms with Crippen LogP contribution in [0.3, 0.4) is 0 Å². The molecule has 0 aliphatic carbocycles. The Labute approximate surface area is 120 Å². The first-order chi connectivity index (χ1) is 9.36. The first-order valence-electron chi connectivity index (χ1n) is 6.62. The molecule has 0 fully saturated rings. The van der Waals surface area contributed by atoms with Gasteiger partial charge in [0.1, 0.15) is 4.90 Å². The summed E-state index contributed by atoms with van der Waals surface area (Å²) in [5.74, 6) is 0.422. The van der Waals surface area contributed by atoms with E-state index in [4.69, 9.17) is 0 Å². The average Bonchev–Trinajstić information content (AvgIpc) is 2.39. The summed E-state index contributed by atoms with van der Waals surface area (Å²) in [6, 6.07) is 0.377. The zero-order chi connectivity index (χ0) is 15.2. The van der Waals surface area contributed by atoms with Gasteiger partial charge in [-0.3, -0.25) is 0 Å². The molecule has 114 valence electrons. The normalized spacial score (nSPS) is 12.1. The van der Waals surface area contributed by atoms with Crippen molar-refractivity contribution >= 4 is 16.0 Å². The lowest BCUT2D eigenvalue weighted by molar-refractivity contribution is 0.278. The molecule has 0 bridgehead atoms. The van der Waals surface area contributed by atoms with Crippen molar-refractivity contribution in [1.82, 2.24) is 19.6 Å². The molecule has 0 aromatic carbocycles. The molecule has 0 aliphatic heterocycles. The summed E-state index contributed by atoms with van der Waals surface area (Å²) in [5, 5.41) is 2.91. The molecule has 7 nitrogen and oxygen atoms in total. The van der Waals surface area contributed by atoms with Crippen molar-refractivity contribution in [2.45, 2.75) is 31.7 Å². The van der Waals surface area contributed by atoms with Crippen molar-refractivity contribution in [3.63, 3.8) is 0 Å². The maximum atomic E-state index is 12.0. The molecule has 8 heteroatoms. The molecule has 0 atom stereocenters. The van der Waals surface area contributed by atoms with E-state index >= 15 is 0 Å². The van der Waals surface area contributed by atoms with Gasteiger partial charge in [-0.2, -0.15) is 0 Å². The van der Waals surface area contributed by atoms with E-state index in [2.05, 4.69) is 38.8 Å². The fourth-order valence-corrected chi connectivity index (χ4v) is 2.31. The number of likely N-dealkylation sites (N-methyl/N-ethyl adjacent to an activating group) is 1. The van der Waals surface area contributed by atoms with Crippen molar-refractivity contribution in [3.8, 4) is 0 Å². The van der Waals surface area contributed by atoms with Gasteiger partial charge in [-0.1, -0.05) is 0 Å². The molecule has 0 saturated heterocycles. The van der Waals surface area contributed by atoms with E-state index in [-0.39, 0.29) is 4.90 Å². The fraction of sp³-hybridized carbons (Fsp3) is 0.667. The predicted molar refractivity (Wildman–Crippen MR) is 79.2 cm³/mol. The molecular formula is C12H23N5O2S. The van der Waals surface area contributed by atoms with Crippen LogP contribution in [0.5, 0.6) is 0 Å². The Morgan fingerprint density at radius 1 is 1.30 bits per heavy atom. The van der Waals surface area contributed by atoms with E-state index in [1.165, 1.54) is 12.4 Å². The molecule has 2 N–H and O–H groups in total. The van der Waals surface area contributed by atoms with Gasteiger partial charge in [0.05, 0.1) is 12.4 Å². The van der Waals surface area contributed by atoms with Crippen LogP contribution >= 0.6 is 0 Å². The van der Waals surface area contributed by atoms with Crippen LogP contribution < -0.4 is 10.0 Å². The Morgan fingerprint density at radius 3 is 2.40 bits per heavy atom. The molecule has 1 aromatic rings. The van der Waals surface area contributed by atoms with Gasteiger partial charge >= 0.3 is 0 Å². The molecular weight excluding hydrogens is 278 g/mol. The SMILES string of the molecule is CCNc1ncc(S(=O)(=O)NCCN(C)C(C)C)cn1. The van der Waals surface area contributed by atoms with Gasteiger partial charge in [-0.15, -0.1) is 0 Å². The minimum absolute atomic E-state index is 0.0753. The number of anilines is 1. The lowest BCUT2D eigenvalue weighted by Crippen LogP contribution is -2.36. The summed E-state index contributed by atoms with van der Waals surface area (Å²) in [6.45, 7) is 7.72. The summed E-state index contributed by atoms with van der Waals surface area (Å²) >= 11 is 0. The van der Waals surface area contributed by atoms with Crippen LogP contribution in [0.4, 0.5) is 5.95 Å². The van der Waals surface area contributed by atoms with Crippen molar-refractivity contribution < 1.29 is 8.42 Å². The standard InChI is InChI=1S/C12H23N5O2S/c1-5-13-12-14-8-11(9-15-12)20(18,19)16-6-7-17(4)10(2)3/h8-10,16H,5-7H2,1-4H3,(H,13,14,15). The van der Waals surface area contributed by atoms with Crippen LogP contribution in [-0.4, -0.2) is 56.0 Å². The number of rotatable bonds is 8. The minimum Gasteiger partial charge on any atom is -0.355 e. The van der Waals surface area contributed by atoms with Gasteiger partial charge < -0.3 is 10.2 Å². The fourth-order valence-electron chi connectivity index (χ4n) is 1.40. The number of hydrogen-bond donors (Lipinski definition) is 2. The molecule has 0 unspecified atom stereocenters. The Morgan fingerprint density at radius 2 is 1.90 bits per heavy atom. The lowest BCUT2D eigenvalue weighted by atomic mass is 10.3. The monoisotopic (exact) mass is 301 g/mol. The maximum absolute atomic E-state index is 12.0. The summed E-state index contributed by atoms with van der Waals surface area (Å²) in [7, 11) is -1.59. The summed E-state index contributed by atoms with van der Waals surface area (Å²) < 4.78 is 26.6. The smallest absolute Gasteiger partial charge is 0.243 e. The summed E-state index contributed by atoms with van der Waals surface area (Å²) in [4.78, 5) is 10.0. The minimum atomic E-state index is -3.54. The summed E-state index contributed by atoms with van der Waals surface area (Å²) in [6.07, 6.45) is 2.61.